The SMILES string of the molecule is COc1ccc(OCCNC(=O)[C@@H]2CCC(=O)N[C@@H](CCC(N)=O)C(=O)N[C@@H](C(C)C)COc3ccccc3C(=O)N2)cc1. The van der Waals surface area contributed by atoms with Crippen molar-refractivity contribution in [2.45, 2.75) is 57.7 Å². The van der Waals surface area contributed by atoms with Crippen LogP contribution in [0.4, 0.5) is 0 Å². The van der Waals surface area contributed by atoms with Gasteiger partial charge in [0, 0.05) is 12.8 Å². The highest BCUT2D eigenvalue weighted by molar-refractivity contribution is 5.99. The molecular formula is C31H41N5O8. The molecule has 3 rings (SSSR count). The maximum absolute atomic E-state index is 13.4. The number of carbonyl (C=O) groups is 5. The third-order valence-electron chi connectivity index (χ3n) is 7.02. The molecule has 0 saturated heterocycles. The molecule has 0 aromatic heterocycles. The summed E-state index contributed by atoms with van der Waals surface area (Å²) < 4.78 is 16.8. The van der Waals surface area contributed by atoms with Crippen molar-refractivity contribution in [3.63, 3.8) is 0 Å². The summed E-state index contributed by atoms with van der Waals surface area (Å²) in [5.74, 6) is -1.24. The fourth-order valence-electron chi connectivity index (χ4n) is 4.38. The fraction of sp³-hybridized carbons (Fsp3) is 0.452. The summed E-state index contributed by atoms with van der Waals surface area (Å²) in [7, 11) is 1.56. The lowest BCUT2D eigenvalue weighted by Gasteiger charge is -2.26. The highest BCUT2D eigenvalue weighted by Crippen LogP contribution is 2.20. The summed E-state index contributed by atoms with van der Waals surface area (Å²) in [6, 6.07) is 10.9. The highest BCUT2D eigenvalue weighted by atomic mass is 16.5. The predicted octanol–water partition coefficient (Wildman–Crippen LogP) is 1.05. The number of carbonyl (C=O) groups excluding carboxylic acids is 5. The number of hydrogen-bond acceptors (Lipinski definition) is 8. The van der Waals surface area contributed by atoms with Gasteiger partial charge in [-0.25, -0.2) is 0 Å². The topological polar surface area (TPSA) is 187 Å². The van der Waals surface area contributed by atoms with E-state index in [1.54, 1.807) is 55.6 Å². The Bertz CT molecular complexity index is 1300. The van der Waals surface area contributed by atoms with Crippen LogP contribution in [-0.4, -0.2) is 74.5 Å². The van der Waals surface area contributed by atoms with Gasteiger partial charge >= 0.3 is 0 Å². The maximum atomic E-state index is 13.4. The zero-order valence-corrected chi connectivity index (χ0v) is 25.2. The lowest BCUT2D eigenvalue weighted by atomic mass is 10.0. The third-order valence-corrected chi connectivity index (χ3v) is 7.02. The van der Waals surface area contributed by atoms with E-state index in [-0.39, 0.29) is 62.7 Å². The first-order valence-electron chi connectivity index (χ1n) is 14.5. The van der Waals surface area contributed by atoms with Crippen molar-refractivity contribution >= 4 is 29.5 Å². The zero-order chi connectivity index (χ0) is 32.1. The van der Waals surface area contributed by atoms with Crippen LogP contribution >= 0.6 is 0 Å². The maximum Gasteiger partial charge on any atom is 0.255 e. The average Bonchev–Trinajstić information content (AvgIpc) is 3.01. The van der Waals surface area contributed by atoms with Crippen LogP contribution in [0, 0.1) is 5.92 Å². The second kappa shape index (κ2) is 16.7. The molecule has 6 N–H and O–H groups in total. The fourth-order valence-corrected chi connectivity index (χ4v) is 4.38. The van der Waals surface area contributed by atoms with E-state index in [9.17, 15) is 24.0 Å². The second-order valence-corrected chi connectivity index (χ2v) is 10.7. The molecule has 13 heteroatoms. The summed E-state index contributed by atoms with van der Waals surface area (Å²) in [5.41, 5.74) is 5.49. The van der Waals surface area contributed by atoms with E-state index in [1.807, 2.05) is 13.8 Å². The van der Waals surface area contributed by atoms with Crippen LogP contribution in [0.25, 0.3) is 0 Å². The largest absolute Gasteiger partial charge is 0.497 e. The summed E-state index contributed by atoms with van der Waals surface area (Å²) in [5, 5.41) is 11.0. The lowest BCUT2D eigenvalue weighted by Crippen LogP contribution is -2.52. The molecule has 1 aliphatic rings. The van der Waals surface area contributed by atoms with E-state index in [2.05, 4.69) is 21.3 Å². The van der Waals surface area contributed by atoms with Crippen LogP contribution in [0.15, 0.2) is 48.5 Å². The molecule has 1 aliphatic heterocycles. The van der Waals surface area contributed by atoms with Crippen LogP contribution in [0.3, 0.4) is 0 Å². The van der Waals surface area contributed by atoms with Crippen molar-refractivity contribution < 1.29 is 38.2 Å². The van der Waals surface area contributed by atoms with Gasteiger partial charge in [-0.3, -0.25) is 24.0 Å². The molecule has 0 unspecified atom stereocenters. The molecule has 1 heterocycles. The molecule has 44 heavy (non-hydrogen) atoms. The van der Waals surface area contributed by atoms with E-state index in [1.165, 1.54) is 0 Å². The Morgan fingerprint density at radius 1 is 1.02 bits per heavy atom. The number of nitrogens with two attached hydrogens (primary N) is 1. The smallest absolute Gasteiger partial charge is 0.255 e. The molecule has 0 saturated carbocycles. The quantitative estimate of drug-likeness (QED) is 0.247. The zero-order valence-electron chi connectivity index (χ0n) is 25.2. The van der Waals surface area contributed by atoms with E-state index in [0.29, 0.717) is 11.5 Å². The highest BCUT2D eigenvalue weighted by Gasteiger charge is 2.29. The molecule has 0 spiro atoms. The first-order valence-corrected chi connectivity index (χ1v) is 14.5. The van der Waals surface area contributed by atoms with Crippen molar-refractivity contribution in [1.82, 2.24) is 21.3 Å². The number of amides is 5. The second-order valence-electron chi connectivity index (χ2n) is 10.7. The Morgan fingerprint density at radius 2 is 1.73 bits per heavy atom. The van der Waals surface area contributed by atoms with Gasteiger partial charge in [0.2, 0.25) is 23.6 Å². The number of primary amides is 1. The lowest BCUT2D eigenvalue weighted by molar-refractivity contribution is -0.130. The number of fused-ring (bicyclic) bond motifs is 1. The predicted molar refractivity (Wildman–Crippen MR) is 161 cm³/mol. The van der Waals surface area contributed by atoms with Crippen molar-refractivity contribution in [1.29, 1.82) is 0 Å². The number of rotatable bonds is 10. The Kier molecular flexibility index (Phi) is 12.8. The molecule has 0 bridgehead atoms. The number of para-hydroxylation sites is 1. The van der Waals surface area contributed by atoms with Gasteiger partial charge in [0.1, 0.15) is 42.5 Å². The Morgan fingerprint density at radius 3 is 2.41 bits per heavy atom. The standard InChI is InChI=1S/C31H41N5O8/c1-19(2)25-18-44-26-7-5-4-6-22(26)29(39)35-23(13-15-28(38)34-24(31(41)36-25)12-14-27(32)37)30(40)33-16-17-43-21-10-8-20(42-3)9-11-21/h4-11,19,23-25H,12-18H2,1-3H3,(H2,32,37)(H,33,40)(H,34,38)(H,35,39)(H,36,41)/t23-,24-,25+/m0/s1. The Hall–Kier alpha value is -4.81. The van der Waals surface area contributed by atoms with E-state index < -0.39 is 47.7 Å². The van der Waals surface area contributed by atoms with Crippen LogP contribution in [-0.2, 0) is 19.2 Å². The third kappa shape index (κ3) is 10.5. The van der Waals surface area contributed by atoms with Crippen LogP contribution in [0.1, 0.15) is 49.9 Å². The summed E-state index contributed by atoms with van der Waals surface area (Å²) in [4.78, 5) is 64.1. The summed E-state index contributed by atoms with van der Waals surface area (Å²) in [6.45, 7) is 4.10. The van der Waals surface area contributed by atoms with Crippen molar-refractivity contribution in [3.8, 4) is 17.2 Å². The van der Waals surface area contributed by atoms with Gasteiger partial charge in [0.25, 0.3) is 5.91 Å². The van der Waals surface area contributed by atoms with Gasteiger partial charge in [-0.2, -0.15) is 0 Å². The first kappa shape index (κ1) is 33.7. The van der Waals surface area contributed by atoms with Gasteiger partial charge in [0.15, 0.2) is 0 Å². The van der Waals surface area contributed by atoms with Crippen LogP contribution < -0.4 is 41.2 Å². The minimum atomic E-state index is -1.09. The first-order chi connectivity index (χ1) is 21.1. The minimum Gasteiger partial charge on any atom is -0.497 e. The molecular weight excluding hydrogens is 570 g/mol. The molecule has 238 valence electrons. The normalized spacial score (nSPS) is 19.5. The molecule has 2 aromatic carbocycles. The van der Waals surface area contributed by atoms with E-state index in [4.69, 9.17) is 19.9 Å². The van der Waals surface area contributed by atoms with Gasteiger partial charge in [-0.05, 0) is 55.2 Å². The number of hydrogen-bond donors (Lipinski definition) is 5. The number of methoxy groups -OCH3 is 1. The molecule has 3 atom stereocenters. The summed E-state index contributed by atoms with van der Waals surface area (Å²) >= 11 is 0. The van der Waals surface area contributed by atoms with Crippen LogP contribution in [0.2, 0.25) is 0 Å². The number of nitrogens with one attached hydrogen (secondary N) is 4. The molecule has 0 radical (unpaired) electrons. The minimum absolute atomic E-state index is 0.00371. The van der Waals surface area contributed by atoms with E-state index >= 15 is 0 Å². The number of ether oxygens (including phenoxy) is 3. The average molecular weight is 612 g/mol. The van der Waals surface area contributed by atoms with Crippen molar-refractivity contribution in [2.24, 2.45) is 11.7 Å². The van der Waals surface area contributed by atoms with Gasteiger partial charge in [-0.1, -0.05) is 26.0 Å². The van der Waals surface area contributed by atoms with Gasteiger partial charge in [-0.15, -0.1) is 0 Å². The van der Waals surface area contributed by atoms with Crippen LogP contribution in [0.5, 0.6) is 17.2 Å². The van der Waals surface area contributed by atoms with Crippen molar-refractivity contribution in [3.05, 3.63) is 54.1 Å². The molecule has 13 nitrogen and oxygen atoms in total. The molecule has 0 fully saturated rings. The molecule has 2 aromatic rings. The molecule has 5 amide bonds. The van der Waals surface area contributed by atoms with Crippen molar-refractivity contribution in [2.75, 3.05) is 26.9 Å². The van der Waals surface area contributed by atoms with E-state index in [0.717, 1.165) is 0 Å². The van der Waals surface area contributed by atoms with Gasteiger partial charge < -0.3 is 41.2 Å². The molecule has 0 aliphatic carbocycles. The summed E-state index contributed by atoms with van der Waals surface area (Å²) in [6.07, 6.45) is -0.373. The Balaban J connectivity index is 1.77. The monoisotopic (exact) mass is 611 g/mol. The number of benzene rings is 2. The van der Waals surface area contributed by atoms with Gasteiger partial charge in [0.05, 0.1) is 25.3 Å². The Labute approximate surface area is 256 Å².